The summed E-state index contributed by atoms with van der Waals surface area (Å²) in [5.74, 6) is 0.931. The minimum Gasteiger partial charge on any atom is -0.303 e. The molecule has 0 radical (unpaired) electrons. The van der Waals surface area contributed by atoms with Gasteiger partial charge in [-0.3, -0.25) is 0 Å². The first-order valence-electron chi connectivity index (χ1n) is 3.94. The Kier molecular flexibility index (Phi) is 2.12. The monoisotopic (exact) mass is 127 g/mol. The molecule has 54 valence electrons. The fourth-order valence-corrected chi connectivity index (χ4v) is 1.84. The van der Waals surface area contributed by atoms with Crippen LogP contribution in [0.1, 0.15) is 26.7 Å². The van der Waals surface area contributed by atoms with Gasteiger partial charge in [0.1, 0.15) is 0 Å². The van der Waals surface area contributed by atoms with Crippen LogP contribution in [-0.2, 0) is 0 Å². The predicted octanol–water partition coefficient (Wildman–Crippen LogP) is 1.74. The summed E-state index contributed by atoms with van der Waals surface area (Å²) in [6.45, 7) is 5.92. The fraction of sp³-hybridized carbons (Fsp3) is 1.00. The zero-order chi connectivity index (χ0) is 6.85. The van der Waals surface area contributed by atoms with Gasteiger partial charge in [-0.25, -0.2) is 0 Å². The molecule has 0 amide bonds. The Hall–Kier alpha value is -0.0400. The van der Waals surface area contributed by atoms with Crippen molar-refractivity contribution in [1.82, 2.24) is 4.90 Å². The molecule has 0 N–H and O–H groups in total. The lowest BCUT2D eigenvalue weighted by atomic mass is 10.1. The number of hydrogen-bond donors (Lipinski definition) is 0. The number of hydrogen-bond acceptors (Lipinski definition) is 1. The van der Waals surface area contributed by atoms with Gasteiger partial charge in [-0.15, -0.1) is 0 Å². The summed E-state index contributed by atoms with van der Waals surface area (Å²) in [5, 5.41) is 0. The highest BCUT2D eigenvalue weighted by Gasteiger charge is 2.24. The van der Waals surface area contributed by atoms with Crippen molar-refractivity contribution >= 4 is 0 Å². The van der Waals surface area contributed by atoms with Gasteiger partial charge >= 0.3 is 0 Å². The molecular formula is C8H17N. The van der Waals surface area contributed by atoms with Gasteiger partial charge < -0.3 is 4.90 Å². The van der Waals surface area contributed by atoms with Crippen molar-refractivity contribution in [2.45, 2.75) is 32.7 Å². The van der Waals surface area contributed by atoms with E-state index in [2.05, 4.69) is 25.8 Å². The fourth-order valence-electron chi connectivity index (χ4n) is 1.84. The second-order valence-electron chi connectivity index (χ2n) is 3.34. The second kappa shape index (κ2) is 2.70. The van der Waals surface area contributed by atoms with Gasteiger partial charge in [-0.1, -0.05) is 13.8 Å². The van der Waals surface area contributed by atoms with E-state index in [0.717, 1.165) is 12.0 Å². The highest BCUT2D eigenvalue weighted by Crippen LogP contribution is 2.22. The van der Waals surface area contributed by atoms with Crippen LogP contribution in [0.25, 0.3) is 0 Å². The van der Waals surface area contributed by atoms with E-state index in [4.69, 9.17) is 0 Å². The van der Waals surface area contributed by atoms with E-state index in [1.165, 1.54) is 19.4 Å². The average molecular weight is 127 g/mol. The zero-order valence-corrected chi connectivity index (χ0v) is 6.72. The molecule has 0 bridgehead atoms. The lowest BCUT2D eigenvalue weighted by molar-refractivity contribution is 0.302. The third-order valence-corrected chi connectivity index (χ3v) is 2.37. The van der Waals surface area contributed by atoms with Crippen molar-refractivity contribution in [3.8, 4) is 0 Å². The lowest BCUT2D eigenvalue weighted by Crippen LogP contribution is -2.23. The number of nitrogens with zero attached hydrogens (tertiary/aromatic N) is 1. The van der Waals surface area contributed by atoms with Crippen LogP contribution in [0.15, 0.2) is 0 Å². The van der Waals surface area contributed by atoms with Crippen molar-refractivity contribution in [2.75, 3.05) is 13.6 Å². The summed E-state index contributed by atoms with van der Waals surface area (Å²) in [5.41, 5.74) is 0. The molecule has 1 heterocycles. The minimum absolute atomic E-state index is 0.875. The molecule has 0 aromatic rings. The van der Waals surface area contributed by atoms with Crippen LogP contribution in [0.4, 0.5) is 0 Å². The molecule has 0 aromatic heterocycles. The lowest BCUT2D eigenvalue weighted by Gasteiger charge is -2.16. The maximum Gasteiger partial charge on any atom is 0.00927 e. The maximum absolute atomic E-state index is 2.48. The second-order valence-corrected chi connectivity index (χ2v) is 3.34. The topological polar surface area (TPSA) is 3.24 Å². The summed E-state index contributed by atoms with van der Waals surface area (Å²) < 4.78 is 0. The van der Waals surface area contributed by atoms with Gasteiger partial charge in [0, 0.05) is 12.6 Å². The Morgan fingerprint density at radius 2 is 2.22 bits per heavy atom. The molecule has 2 atom stereocenters. The molecular weight excluding hydrogens is 110 g/mol. The molecule has 0 spiro atoms. The Labute approximate surface area is 58.0 Å². The highest BCUT2D eigenvalue weighted by molar-refractivity contribution is 4.79. The molecule has 0 saturated carbocycles. The number of likely N-dealkylation sites (tertiary alicyclic amines) is 1. The minimum atomic E-state index is 0.875. The molecule has 0 aliphatic carbocycles. The normalized spacial score (nSPS) is 37.7. The standard InChI is InChI=1S/C8H17N/c1-4-8-5-7(2)6-9(8)3/h7-8H,4-6H2,1-3H3/t7-,8?/m1/s1. The van der Waals surface area contributed by atoms with Gasteiger partial charge in [-0.2, -0.15) is 0 Å². The summed E-state index contributed by atoms with van der Waals surface area (Å²) in [7, 11) is 2.23. The molecule has 1 aliphatic heterocycles. The molecule has 1 aliphatic rings. The smallest absolute Gasteiger partial charge is 0.00927 e. The Balaban J connectivity index is 2.38. The third-order valence-electron chi connectivity index (χ3n) is 2.37. The van der Waals surface area contributed by atoms with Gasteiger partial charge in [0.15, 0.2) is 0 Å². The highest BCUT2D eigenvalue weighted by atomic mass is 15.1. The van der Waals surface area contributed by atoms with Crippen molar-refractivity contribution in [3.05, 3.63) is 0 Å². The van der Waals surface area contributed by atoms with Crippen LogP contribution in [0.2, 0.25) is 0 Å². The van der Waals surface area contributed by atoms with Gasteiger partial charge in [-0.05, 0) is 25.8 Å². The maximum atomic E-state index is 2.48. The van der Waals surface area contributed by atoms with Gasteiger partial charge in [0.25, 0.3) is 0 Å². The largest absolute Gasteiger partial charge is 0.303 e. The van der Waals surface area contributed by atoms with Gasteiger partial charge in [0.2, 0.25) is 0 Å². The zero-order valence-electron chi connectivity index (χ0n) is 6.72. The predicted molar refractivity (Wildman–Crippen MR) is 40.5 cm³/mol. The summed E-state index contributed by atoms with van der Waals surface area (Å²) in [6.07, 6.45) is 2.73. The summed E-state index contributed by atoms with van der Waals surface area (Å²) in [4.78, 5) is 2.48. The van der Waals surface area contributed by atoms with E-state index < -0.39 is 0 Å². The van der Waals surface area contributed by atoms with E-state index in [0.29, 0.717) is 0 Å². The third kappa shape index (κ3) is 1.45. The van der Waals surface area contributed by atoms with Crippen molar-refractivity contribution in [1.29, 1.82) is 0 Å². The molecule has 1 nitrogen and oxygen atoms in total. The molecule has 9 heavy (non-hydrogen) atoms. The van der Waals surface area contributed by atoms with Crippen molar-refractivity contribution in [2.24, 2.45) is 5.92 Å². The van der Waals surface area contributed by atoms with E-state index in [1.54, 1.807) is 0 Å². The van der Waals surface area contributed by atoms with Crippen LogP contribution in [0.5, 0.6) is 0 Å². The molecule has 1 unspecified atom stereocenters. The summed E-state index contributed by atoms with van der Waals surface area (Å²) in [6, 6.07) is 0.875. The first-order valence-corrected chi connectivity index (χ1v) is 3.94. The first-order chi connectivity index (χ1) is 4.24. The average Bonchev–Trinajstić information content (AvgIpc) is 2.10. The molecule has 1 fully saturated rings. The van der Waals surface area contributed by atoms with E-state index in [1.807, 2.05) is 0 Å². The van der Waals surface area contributed by atoms with Gasteiger partial charge in [0.05, 0.1) is 0 Å². The van der Waals surface area contributed by atoms with Crippen LogP contribution >= 0.6 is 0 Å². The van der Waals surface area contributed by atoms with Crippen LogP contribution in [-0.4, -0.2) is 24.5 Å². The molecule has 0 aromatic carbocycles. The SMILES string of the molecule is CCC1C[C@@H](C)CN1C. The molecule has 1 saturated heterocycles. The van der Waals surface area contributed by atoms with Crippen molar-refractivity contribution in [3.63, 3.8) is 0 Å². The van der Waals surface area contributed by atoms with Crippen LogP contribution in [0.3, 0.4) is 0 Å². The van der Waals surface area contributed by atoms with E-state index >= 15 is 0 Å². The van der Waals surface area contributed by atoms with E-state index in [9.17, 15) is 0 Å². The number of rotatable bonds is 1. The van der Waals surface area contributed by atoms with E-state index in [-0.39, 0.29) is 0 Å². The summed E-state index contributed by atoms with van der Waals surface area (Å²) >= 11 is 0. The van der Waals surface area contributed by atoms with Crippen LogP contribution < -0.4 is 0 Å². The van der Waals surface area contributed by atoms with Crippen LogP contribution in [0, 0.1) is 5.92 Å². The Morgan fingerprint density at radius 1 is 1.56 bits per heavy atom. The Bertz CT molecular complexity index is 90.6. The quantitative estimate of drug-likeness (QED) is 0.518. The molecule has 1 rings (SSSR count). The molecule has 1 heteroatoms. The Morgan fingerprint density at radius 3 is 2.44 bits per heavy atom. The first kappa shape index (κ1) is 7.07. The van der Waals surface area contributed by atoms with Crippen molar-refractivity contribution < 1.29 is 0 Å².